The van der Waals surface area contributed by atoms with E-state index in [0.29, 0.717) is 6.04 Å². The van der Waals surface area contributed by atoms with Crippen molar-refractivity contribution in [3.05, 3.63) is 0 Å². The zero-order valence-electron chi connectivity index (χ0n) is 13.3. The van der Waals surface area contributed by atoms with Crippen LogP contribution in [0.25, 0.3) is 0 Å². The summed E-state index contributed by atoms with van der Waals surface area (Å²) < 4.78 is 5.45. The van der Waals surface area contributed by atoms with Gasteiger partial charge >= 0.3 is 0 Å². The van der Waals surface area contributed by atoms with Gasteiger partial charge in [0.15, 0.2) is 0 Å². The predicted octanol–water partition coefficient (Wildman–Crippen LogP) is 1.12. The molecule has 2 unspecified atom stereocenters. The highest BCUT2D eigenvalue weighted by Crippen LogP contribution is 2.31. The van der Waals surface area contributed by atoms with Crippen LogP contribution in [-0.2, 0) is 9.53 Å². The van der Waals surface area contributed by atoms with Gasteiger partial charge in [-0.25, -0.2) is 0 Å². The van der Waals surface area contributed by atoms with Crippen LogP contribution in [0, 0.1) is 0 Å². The number of ether oxygens (including phenoxy) is 1. The molecule has 1 saturated carbocycles. The maximum Gasteiger partial charge on any atom is 0.237 e. The van der Waals surface area contributed by atoms with Gasteiger partial charge in [0.1, 0.15) is 0 Å². The average molecular weight is 285 g/mol. The second-order valence-corrected chi connectivity index (χ2v) is 5.55. The lowest BCUT2D eigenvalue weighted by Crippen LogP contribution is -2.60. The van der Waals surface area contributed by atoms with Crippen LogP contribution < -0.4 is 11.1 Å². The largest absolute Gasteiger partial charge is 0.380 e. The van der Waals surface area contributed by atoms with Gasteiger partial charge in [-0.2, -0.15) is 0 Å². The number of nitrogens with zero attached hydrogens (tertiary/aromatic N) is 1. The lowest BCUT2D eigenvalue weighted by atomic mass is 9.77. The van der Waals surface area contributed by atoms with Crippen molar-refractivity contribution in [3.8, 4) is 0 Å². The topological polar surface area (TPSA) is 67.6 Å². The Balaban J connectivity index is 2.67. The highest BCUT2D eigenvalue weighted by atomic mass is 16.5. The molecular weight excluding hydrogens is 254 g/mol. The van der Waals surface area contributed by atoms with E-state index in [4.69, 9.17) is 10.5 Å². The summed E-state index contributed by atoms with van der Waals surface area (Å²) in [5, 5.41) is 3.34. The van der Waals surface area contributed by atoms with E-state index in [0.717, 1.165) is 58.5 Å². The molecule has 3 N–H and O–H groups in total. The van der Waals surface area contributed by atoms with Crippen molar-refractivity contribution in [2.75, 3.05) is 32.8 Å². The quantitative estimate of drug-likeness (QED) is 0.623. The molecule has 1 amide bonds. The molecule has 0 spiro atoms. The van der Waals surface area contributed by atoms with Crippen LogP contribution in [0.1, 0.15) is 46.5 Å². The Labute approximate surface area is 123 Å². The fourth-order valence-corrected chi connectivity index (χ4v) is 3.29. The van der Waals surface area contributed by atoms with Crippen LogP contribution in [0.15, 0.2) is 0 Å². The normalized spacial score (nSPS) is 26.9. The van der Waals surface area contributed by atoms with E-state index < -0.39 is 5.54 Å². The van der Waals surface area contributed by atoms with Crippen molar-refractivity contribution < 1.29 is 9.53 Å². The molecule has 0 bridgehead atoms. The summed E-state index contributed by atoms with van der Waals surface area (Å²) in [7, 11) is 0. The molecule has 1 aliphatic carbocycles. The summed E-state index contributed by atoms with van der Waals surface area (Å²) in [6.45, 7) is 10.4. The van der Waals surface area contributed by atoms with Gasteiger partial charge < -0.3 is 15.8 Å². The maximum absolute atomic E-state index is 11.9. The molecule has 1 rings (SSSR count). The molecule has 5 nitrogen and oxygen atoms in total. The Bertz CT molecular complexity index is 295. The third kappa shape index (κ3) is 4.43. The summed E-state index contributed by atoms with van der Waals surface area (Å²) in [6, 6.07) is 0.417. The van der Waals surface area contributed by atoms with Crippen molar-refractivity contribution >= 4 is 5.91 Å². The van der Waals surface area contributed by atoms with E-state index in [9.17, 15) is 4.79 Å². The van der Waals surface area contributed by atoms with E-state index in [1.165, 1.54) is 0 Å². The number of hydrogen-bond acceptors (Lipinski definition) is 4. The third-order valence-electron chi connectivity index (χ3n) is 4.36. The van der Waals surface area contributed by atoms with Gasteiger partial charge in [-0.15, -0.1) is 0 Å². The molecule has 0 aromatic rings. The lowest BCUT2D eigenvalue weighted by molar-refractivity contribution is -0.126. The number of nitrogens with two attached hydrogens (primary N) is 1. The molecule has 1 aliphatic rings. The van der Waals surface area contributed by atoms with Crippen molar-refractivity contribution in [1.29, 1.82) is 0 Å². The van der Waals surface area contributed by atoms with Gasteiger partial charge in [-0.3, -0.25) is 9.69 Å². The van der Waals surface area contributed by atoms with Gasteiger partial charge in [0, 0.05) is 19.2 Å². The molecule has 0 heterocycles. The van der Waals surface area contributed by atoms with Crippen molar-refractivity contribution in [2.24, 2.45) is 5.73 Å². The number of rotatable bonds is 9. The smallest absolute Gasteiger partial charge is 0.237 e. The Morgan fingerprint density at radius 3 is 2.75 bits per heavy atom. The SMILES string of the molecule is CCNC1(C(N)=O)CCCC(N(CC)CCOCC)C1. The molecular formula is C15H31N3O2. The fraction of sp³-hybridized carbons (Fsp3) is 0.933. The minimum atomic E-state index is -0.517. The van der Waals surface area contributed by atoms with E-state index in [-0.39, 0.29) is 5.91 Å². The minimum Gasteiger partial charge on any atom is -0.380 e. The molecule has 118 valence electrons. The Morgan fingerprint density at radius 1 is 1.45 bits per heavy atom. The number of primary amides is 1. The van der Waals surface area contributed by atoms with Crippen LogP contribution in [0.5, 0.6) is 0 Å². The van der Waals surface area contributed by atoms with Crippen LogP contribution in [0.4, 0.5) is 0 Å². The standard InChI is InChI=1S/C15H31N3O2/c1-4-17-15(14(16)19)9-7-8-13(12-15)18(5-2)10-11-20-6-3/h13,17H,4-12H2,1-3H3,(H2,16,19). The first-order valence-electron chi connectivity index (χ1n) is 7.96. The first-order chi connectivity index (χ1) is 9.59. The molecule has 5 heteroatoms. The lowest BCUT2D eigenvalue weighted by Gasteiger charge is -2.43. The first-order valence-corrected chi connectivity index (χ1v) is 7.96. The van der Waals surface area contributed by atoms with Crippen molar-refractivity contribution in [3.63, 3.8) is 0 Å². The number of carbonyl (C=O) groups excluding carboxylic acids is 1. The van der Waals surface area contributed by atoms with Crippen molar-refractivity contribution in [1.82, 2.24) is 10.2 Å². The monoisotopic (exact) mass is 285 g/mol. The van der Waals surface area contributed by atoms with Gasteiger partial charge in [-0.05, 0) is 45.7 Å². The van der Waals surface area contributed by atoms with Crippen molar-refractivity contribution in [2.45, 2.75) is 58.0 Å². The summed E-state index contributed by atoms with van der Waals surface area (Å²) >= 11 is 0. The molecule has 0 aromatic carbocycles. The van der Waals surface area contributed by atoms with Gasteiger partial charge in [0.25, 0.3) is 0 Å². The van der Waals surface area contributed by atoms with Gasteiger partial charge in [-0.1, -0.05) is 13.8 Å². The third-order valence-corrected chi connectivity index (χ3v) is 4.36. The number of hydrogen-bond donors (Lipinski definition) is 2. The Hall–Kier alpha value is -0.650. The Kier molecular flexibility index (Phi) is 7.48. The average Bonchev–Trinajstić information content (AvgIpc) is 2.44. The van der Waals surface area contributed by atoms with E-state index in [2.05, 4.69) is 17.1 Å². The molecule has 2 atom stereocenters. The molecule has 1 fully saturated rings. The minimum absolute atomic E-state index is 0.204. The number of nitrogens with one attached hydrogen (secondary N) is 1. The fourth-order valence-electron chi connectivity index (χ4n) is 3.29. The second kappa shape index (κ2) is 8.60. The number of carbonyl (C=O) groups is 1. The molecule has 20 heavy (non-hydrogen) atoms. The summed E-state index contributed by atoms with van der Waals surface area (Å²) in [4.78, 5) is 14.3. The van der Waals surface area contributed by atoms with Crippen LogP contribution >= 0.6 is 0 Å². The van der Waals surface area contributed by atoms with Crippen LogP contribution in [0.2, 0.25) is 0 Å². The number of likely N-dealkylation sites (N-methyl/N-ethyl adjacent to an activating group) is 2. The summed E-state index contributed by atoms with van der Waals surface area (Å²) in [5.74, 6) is -0.204. The predicted molar refractivity (Wildman–Crippen MR) is 81.6 cm³/mol. The summed E-state index contributed by atoms with van der Waals surface area (Å²) in [5.41, 5.74) is 5.15. The molecule has 0 radical (unpaired) electrons. The van der Waals surface area contributed by atoms with E-state index in [1.807, 2.05) is 13.8 Å². The second-order valence-electron chi connectivity index (χ2n) is 5.55. The summed E-state index contributed by atoms with van der Waals surface area (Å²) in [6.07, 6.45) is 3.86. The van der Waals surface area contributed by atoms with E-state index in [1.54, 1.807) is 0 Å². The highest BCUT2D eigenvalue weighted by molar-refractivity contribution is 5.84. The highest BCUT2D eigenvalue weighted by Gasteiger charge is 2.41. The zero-order chi connectivity index (χ0) is 15.0. The van der Waals surface area contributed by atoms with E-state index >= 15 is 0 Å². The molecule has 0 aromatic heterocycles. The van der Waals surface area contributed by atoms with Gasteiger partial charge in [0.2, 0.25) is 5.91 Å². The van der Waals surface area contributed by atoms with Crippen LogP contribution in [-0.4, -0.2) is 55.2 Å². The van der Waals surface area contributed by atoms with Crippen LogP contribution in [0.3, 0.4) is 0 Å². The Morgan fingerprint density at radius 2 is 2.20 bits per heavy atom. The number of amides is 1. The zero-order valence-corrected chi connectivity index (χ0v) is 13.3. The van der Waals surface area contributed by atoms with Gasteiger partial charge in [0.05, 0.1) is 12.1 Å². The molecule has 0 aliphatic heterocycles. The first kappa shape index (κ1) is 17.4. The molecule has 0 saturated heterocycles. The maximum atomic E-state index is 11.9.